The topological polar surface area (TPSA) is 12.0 Å². The molecule has 1 aliphatic rings. The fourth-order valence-corrected chi connectivity index (χ4v) is 2.97. The van der Waals surface area contributed by atoms with E-state index in [1.54, 1.807) is 0 Å². The normalized spacial score (nSPS) is 18.1. The highest BCUT2D eigenvalue weighted by molar-refractivity contribution is 5.36. The van der Waals surface area contributed by atoms with Gasteiger partial charge in [0.25, 0.3) is 0 Å². The molecule has 0 aromatic heterocycles. The summed E-state index contributed by atoms with van der Waals surface area (Å²) < 4.78 is 0. The van der Waals surface area contributed by atoms with Crippen molar-refractivity contribution < 1.29 is 0 Å². The van der Waals surface area contributed by atoms with Crippen molar-refractivity contribution in [3.63, 3.8) is 0 Å². The Morgan fingerprint density at radius 3 is 2.79 bits per heavy atom. The summed E-state index contributed by atoms with van der Waals surface area (Å²) in [5.41, 5.74) is 5.85. The van der Waals surface area contributed by atoms with Crippen molar-refractivity contribution in [2.45, 2.75) is 32.2 Å². The summed E-state index contributed by atoms with van der Waals surface area (Å²) in [6.45, 7) is 3.29. The van der Waals surface area contributed by atoms with Gasteiger partial charge in [0.15, 0.2) is 0 Å². The third-order valence-corrected chi connectivity index (χ3v) is 4.03. The summed E-state index contributed by atoms with van der Waals surface area (Å²) >= 11 is 0. The molecule has 0 bridgehead atoms. The Morgan fingerprint density at radius 2 is 1.95 bits per heavy atom. The van der Waals surface area contributed by atoms with Gasteiger partial charge in [0.2, 0.25) is 0 Å². The minimum Gasteiger partial charge on any atom is -0.310 e. The molecule has 1 heterocycles. The minimum absolute atomic E-state index is 0.517. The first-order valence-corrected chi connectivity index (χ1v) is 7.19. The van der Waals surface area contributed by atoms with E-state index in [0.29, 0.717) is 6.04 Å². The molecule has 19 heavy (non-hydrogen) atoms. The average molecular weight is 251 g/mol. The van der Waals surface area contributed by atoms with Crippen LogP contribution in [-0.2, 0) is 12.8 Å². The first kappa shape index (κ1) is 12.4. The predicted octanol–water partition coefficient (Wildman–Crippen LogP) is 3.81. The van der Waals surface area contributed by atoms with Crippen molar-refractivity contribution in [1.29, 1.82) is 0 Å². The zero-order chi connectivity index (χ0) is 13.1. The van der Waals surface area contributed by atoms with Crippen LogP contribution in [0.2, 0.25) is 0 Å². The lowest BCUT2D eigenvalue weighted by Crippen LogP contribution is -2.30. The fraction of sp³-hybridized carbons (Fsp3) is 0.333. The van der Waals surface area contributed by atoms with E-state index in [9.17, 15) is 0 Å². The summed E-state index contributed by atoms with van der Waals surface area (Å²) in [7, 11) is 0. The molecule has 1 unspecified atom stereocenters. The molecule has 1 heteroatoms. The van der Waals surface area contributed by atoms with Crippen molar-refractivity contribution in [3.8, 4) is 0 Å². The molecule has 1 N–H and O–H groups in total. The Labute approximate surface area is 115 Å². The molecule has 1 aliphatic heterocycles. The molecule has 3 rings (SSSR count). The minimum atomic E-state index is 0.517. The maximum Gasteiger partial charge on any atom is 0.0326 e. The van der Waals surface area contributed by atoms with Gasteiger partial charge in [-0.15, -0.1) is 0 Å². The van der Waals surface area contributed by atoms with Crippen molar-refractivity contribution >= 4 is 0 Å². The Balaban J connectivity index is 1.75. The zero-order valence-corrected chi connectivity index (χ0v) is 11.5. The van der Waals surface area contributed by atoms with E-state index >= 15 is 0 Å². The number of hydrogen-bond acceptors (Lipinski definition) is 1. The van der Waals surface area contributed by atoms with E-state index in [4.69, 9.17) is 0 Å². The number of aryl methyl sites for hydroxylation is 2. The second-order valence-electron chi connectivity index (χ2n) is 5.48. The zero-order valence-electron chi connectivity index (χ0n) is 11.5. The SMILES string of the molecule is Cc1ccc2c(c1)C(CCc1ccccc1)NCC2. The lowest BCUT2D eigenvalue weighted by Gasteiger charge is -2.27. The van der Waals surface area contributed by atoms with Crippen LogP contribution in [-0.4, -0.2) is 6.54 Å². The summed E-state index contributed by atoms with van der Waals surface area (Å²) in [4.78, 5) is 0. The van der Waals surface area contributed by atoms with Gasteiger partial charge in [-0.1, -0.05) is 54.1 Å². The van der Waals surface area contributed by atoms with Crippen LogP contribution in [0.25, 0.3) is 0 Å². The first-order chi connectivity index (χ1) is 9.33. The van der Waals surface area contributed by atoms with Gasteiger partial charge in [0.05, 0.1) is 0 Å². The van der Waals surface area contributed by atoms with Crippen molar-refractivity contribution in [2.75, 3.05) is 6.54 Å². The molecular weight excluding hydrogens is 230 g/mol. The molecule has 1 atom stereocenters. The van der Waals surface area contributed by atoms with Crippen molar-refractivity contribution in [3.05, 3.63) is 70.8 Å². The van der Waals surface area contributed by atoms with E-state index in [1.807, 2.05) is 0 Å². The van der Waals surface area contributed by atoms with Gasteiger partial charge in [0.1, 0.15) is 0 Å². The molecule has 2 aromatic carbocycles. The Morgan fingerprint density at radius 1 is 1.11 bits per heavy atom. The highest BCUT2D eigenvalue weighted by atomic mass is 14.9. The van der Waals surface area contributed by atoms with Crippen LogP contribution in [0.1, 0.15) is 34.7 Å². The number of fused-ring (bicyclic) bond motifs is 1. The van der Waals surface area contributed by atoms with Gasteiger partial charge in [-0.3, -0.25) is 0 Å². The molecule has 0 radical (unpaired) electrons. The predicted molar refractivity (Wildman–Crippen MR) is 80.4 cm³/mol. The van der Waals surface area contributed by atoms with Crippen LogP contribution < -0.4 is 5.32 Å². The summed E-state index contributed by atoms with van der Waals surface area (Å²) in [5.74, 6) is 0. The molecule has 2 aromatic rings. The third kappa shape index (κ3) is 2.87. The van der Waals surface area contributed by atoms with Crippen LogP contribution in [0.4, 0.5) is 0 Å². The number of benzene rings is 2. The lowest BCUT2D eigenvalue weighted by atomic mass is 9.89. The monoisotopic (exact) mass is 251 g/mol. The van der Waals surface area contributed by atoms with Crippen LogP contribution in [0, 0.1) is 6.92 Å². The third-order valence-electron chi connectivity index (χ3n) is 4.03. The molecular formula is C18H21N. The number of rotatable bonds is 3. The smallest absolute Gasteiger partial charge is 0.0326 e. The maximum atomic E-state index is 3.67. The Hall–Kier alpha value is -1.60. The number of hydrogen-bond donors (Lipinski definition) is 1. The second-order valence-corrected chi connectivity index (χ2v) is 5.48. The van der Waals surface area contributed by atoms with E-state index in [0.717, 1.165) is 19.4 Å². The van der Waals surface area contributed by atoms with Gasteiger partial charge < -0.3 is 5.32 Å². The quantitative estimate of drug-likeness (QED) is 0.874. The molecule has 0 saturated carbocycles. The second kappa shape index (κ2) is 5.58. The van der Waals surface area contributed by atoms with E-state index in [1.165, 1.54) is 28.7 Å². The highest BCUT2D eigenvalue weighted by Gasteiger charge is 2.19. The van der Waals surface area contributed by atoms with Crippen LogP contribution >= 0.6 is 0 Å². The molecule has 98 valence electrons. The van der Waals surface area contributed by atoms with Crippen LogP contribution in [0.15, 0.2) is 48.5 Å². The Bertz CT molecular complexity index is 545. The summed E-state index contributed by atoms with van der Waals surface area (Å²) in [6, 6.07) is 18.2. The standard InChI is InChI=1S/C18H21N/c1-14-7-9-16-11-12-19-18(17(16)13-14)10-8-15-5-3-2-4-6-15/h2-7,9,13,18-19H,8,10-12H2,1H3. The number of nitrogens with one attached hydrogen (secondary N) is 1. The van der Waals surface area contributed by atoms with E-state index in [2.05, 4.69) is 60.8 Å². The van der Waals surface area contributed by atoms with Gasteiger partial charge in [0, 0.05) is 6.04 Å². The molecule has 0 amide bonds. The molecule has 0 fully saturated rings. The fourth-order valence-electron chi connectivity index (χ4n) is 2.97. The van der Waals surface area contributed by atoms with Gasteiger partial charge in [-0.25, -0.2) is 0 Å². The van der Waals surface area contributed by atoms with Crippen LogP contribution in [0.5, 0.6) is 0 Å². The largest absolute Gasteiger partial charge is 0.310 e. The van der Waals surface area contributed by atoms with Crippen molar-refractivity contribution in [1.82, 2.24) is 5.32 Å². The first-order valence-electron chi connectivity index (χ1n) is 7.19. The van der Waals surface area contributed by atoms with Crippen LogP contribution in [0.3, 0.4) is 0 Å². The average Bonchev–Trinajstić information content (AvgIpc) is 2.46. The summed E-state index contributed by atoms with van der Waals surface area (Å²) in [6.07, 6.45) is 3.49. The van der Waals surface area contributed by atoms with Gasteiger partial charge in [-0.05, 0) is 49.4 Å². The van der Waals surface area contributed by atoms with E-state index in [-0.39, 0.29) is 0 Å². The Kier molecular flexibility index (Phi) is 3.65. The van der Waals surface area contributed by atoms with Gasteiger partial charge in [-0.2, -0.15) is 0 Å². The highest BCUT2D eigenvalue weighted by Crippen LogP contribution is 2.27. The van der Waals surface area contributed by atoms with E-state index < -0.39 is 0 Å². The molecule has 1 nitrogen and oxygen atoms in total. The lowest BCUT2D eigenvalue weighted by molar-refractivity contribution is 0.475. The molecule has 0 saturated heterocycles. The summed E-state index contributed by atoms with van der Waals surface area (Å²) in [5, 5.41) is 3.67. The molecule has 0 aliphatic carbocycles. The van der Waals surface area contributed by atoms with Gasteiger partial charge >= 0.3 is 0 Å². The maximum absolute atomic E-state index is 3.67. The van der Waals surface area contributed by atoms with Crippen molar-refractivity contribution in [2.24, 2.45) is 0 Å². The molecule has 0 spiro atoms.